The molecule has 110 valence electrons. The molecule has 2 aromatic rings. The Bertz CT molecular complexity index is 697. The van der Waals surface area contributed by atoms with Crippen molar-refractivity contribution in [1.82, 2.24) is 0 Å². The molecule has 1 aliphatic rings. The normalized spacial score (nSPS) is 17.2. The van der Waals surface area contributed by atoms with E-state index in [1.807, 2.05) is 30.3 Å². The van der Waals surface area contributed by atoms with E-state index in [-0.39, 0.29) is 5.60 Å². The number of aliphatic hydroxyl groups is 1. The van der Waals surface area contributed by atoms with Crippen LogP contribution in [0.2, 0.25) is 0 Å². The molecule has 3 rings (SSSR count). The van der Waals surface area contributed by atoms with Crippen molar-refractivity contribution in [3.63, 3.8) is 0 Å². The van der Waals surface area contributed by atoms with Crippen LogP contribution in [-0.4, -0.2) is 10.7 Å². The van der Waals surface area contributed by atoms with Crippen molar-refractivity contribution in [2.45, 2.75) is 32.0 Å². The van der Waals surface area contributed by atoms with Crippen molar-refractivity contribution in [3.8, 4) is 5.75 Å². The number of rotatable bonds is 2. The topological polar surface area (TPSA) is 29.5 Å². The Morgan fingerprint density at radius 2 is 2.00 bits per heavy atom. The highest BCUT2D eigenvalue weighted by atomic mass is 127. The molecular weight excluding hydrogens is 443 g/mol. The fourth-order valence-electron chi connectivity index (χ4n) is 2.70. The van der Waals surface area contributed by atoms with Crippen LogP contribution in [0.25, 0.3) is 0 Å². The van der Waals surface area contributed by atoms with E-state index in [0.29, 0.717) is 0 Å². The van der Waals surface area contributed by atoms with Gasteiger partial charge in [-0.25, -0.2) is 0 Å². The van der Waals surface area contributed by atoms with Crippen LogP contribution in [-0.2, 0) is 6.42 Å². The van der Waals surface area contributed by atoms with E-state index in [9.17, 15) is 5.11 Å². The summed E-state index contributed by atoms with van der Waals surface area (Å²) in [5.74, 6) is 0.930. The number of aliphatic hydroxyl groups excluding tert-OH is 1. The number of fused-ring (bicyclic) bond motifs is 1. The molecule has 0 radical (unpaired) electrons. The molecule has 2 aromatic carbocycles. The summed E-state index contributed by atoms with van der Waals surface area (Å²) >= 11 is 5.72. The fourth-order valence-corrected chi connectivity index (χ4v) is 3.71. The largest absolute Gasteiger partial charge is 0.487 e. The zero-order valence-electron chi connectivity index (χ0n) is 11.9. The average Bonchev–Trinajstić information content (AvgIpc) is 2.73. The van der Waals surface area contributed by atoms with Gasteiger partial charge in [0.15, 0.2) is 0 Å². The first-order valence-corrected chi connectivity index (χ1v) is 8.68. The quantitative estimate of drug-likeness (QED) is 0.652. The highest BCUT2D eigenvalue weighted by molar-refractivity contribution is 14.1. The second-order valence-corrected chi connectivity index (χ2v) is 8.05. The number of hydrogen-bond donors (Lipinski definition) is 1. The van der Waals surface area contributed by atoms with Gasteiger partial charge < -0.3 is 9.84 Å². The van der Waals surface area contributed by atoms with Gasteiger partial charge >= 0.3 is 0 Å². The van der Waals surface area contributed by atoms with E-state index >= 15 is 0 Å². The van der Waals surface area contributed by atoms with Crippen LogP contribution < -0.4 is 4.74 Å². The Morgan fingerprint density at radius 3 is 2.76 bits per heavy atom. The van der Waals surface area contributed by atoms with Crippen molar-refractivity contribution in [3.05, 3.63) is 61.1 Å². The SMILES string of the molecule is CC1(C)Cc2cc(C(O)c3cc(Br)ccc3I)ccc2O1. The van der Waals surface area contributed by atoms with Crippen LogP contribution in [0, 0.1) is 3.57 Å². The maximum absolute atomic E-state index is 10.7. The number of benzene rings is 2. The van der Waals surface area contributed by atoms with Crippen LogP contribution in [0.5, 0.6) is 5.75 Å². The Kier molecular flexibility index (Phi) is 4.05. The molecule has 0 spiro atoms. The van der Waals surface area contributed by atoms with Crippen molar-refractivity contribution >= 4 is 38.5 Å². The van der Waals surface area contributed by atoms with Gasteiger partial charge in [0.25, 0.3) is 0 Å². The lowest BCUT2D eigenvalue weighted by Gasteiger charge is -2.16. The van der Waals surface area contributed by atoms with E-state index < -0.39 is 6.10 Å². The molecule has 21 heavy (non-hydrogen) atoms. The van der Waals surface area contributed by atoms with E-state index in [0.717, 1.165) is 31.3 Å². The fraction of sp³-hybridized carbons (Fsp3) is 0.294. The molecule has 0 bridgehead atoms. The third-order valence-electron chi connectivity index (χ3n) is 3.66. The van der Waals surface area contributed by atoms with Gasteiger partial charge in [0, 0.05) is 14.5 Å². The Hall–Kier alpha value is -0.590. The van der Waals surface area contributed by atoms with Crippen molar-refractivity contribution in [2.24, 2.45) is 0 Å². The number of halogens is 2. The predicted octanol–water partition coefficient (Wildman–Crippen LogP) is 4.85. The molecule has 0 saturated carbocycles. The maximum atomic E-state index is 10.7. The first-order chi connectivity index (χ1) is 9.85. The zero-order chi connectivity index (χ0) is 15.2. The summed E-state index contributed by atoms with van der Waals surface area (Å²) in [6.07, 6.45) is 0.252. The summed E-state index contributed by atoms with van der Waals surface area (Å²) < 4.78 is 7.92. The van der Waals surface area contributed by atoms with Crippen LogP contribution in [0.1, 0.15) is 36.6 Å². The van der Waals surface area contributed by atoms with Crippen LogP contribution in [0.15, 0.2) is 40.9 Å². The van der Waals surface area contributed by atoms with Crippen molar-refractivity contribution < 1.29 is 9.84 Å². The first-order valence-electron chi connectivity index (χ1n) is 6.80. The van der Waals surface area contributed by atoms with Gasteiger partial charge in [-0.3, -0.25) is 0 Å². The van der Waals surface area contributed by atoms with E-state index in [2.05, 4.69) is 58.4 Å². The minimum Gasteiger partial charge on any atom is -0.487 e. The Balaban J connectivity index is 1.97. The second-order valence-electron chi connectivity index (χ2n) is 5.97. The van der Waals surface area contributed by atoms with Gasteiger partial charge in [0.1, 0.15) is 17.5 Å². The van der Waals surface area contributed by atoms with Crippen LogP contribution in [0.4, 0.5) is 0 Å². The van der Waals surface area contributed by atoms with Crippen LogP contribution in [0.3, 0.4) is 0 Å². The molecule has 0 fully saturated rings. The molecular formula is C17H16BrIO2. The molecule has 1 atom stereocenters. The molecule has 1 unspecified atom stereocenters. The first kappa shape index (κ1) is 15.3. The van der Waals surface area contributed by atoms with Gasteiger partial charge in [-0.2, -0.15) is 0 Å². The lowest BCUT2D eigenvalue weighted by Crippen LogP contribution is -2.24. The van der Waals surface area contributed by atoms with E-state index in [4.69, 9.17) is 4.74 Å². The zero-order valence-corrected chi connectivity index (χ0v) is 15.6. The third-order valence-corrected chi connectivity index (χ3v) is 5.13. The lowest BCUT2D eigenvalue weighted by atomic mass is 9.96. The standard InChI is InChI=1S/C17H16BrIO2/c1-17(2)9-11-7-10(3-6-15(11)21-17)16(20)13-8-12(18)4-5-14(13)19/h3-8,16,20H,9H2,1-2H3. The molecule has 0 amide bonds. The lowest BCUT2D eigenvalue weighted by molar-refractivity contribution is 0.138. The molecule has 1 N–H and O–H groups in total. The van der Waals surface area contributed by atoms with E-state index in [1.165, 1.54) is 5.56 Å². The van der Waals surface area contributed by atoms with Gasteiger partial charge in [-0.15, -0.1) is 0 Å². The summed E-state index contributed by atoms with van der Waals surface area (Å²) in [4.78, 5) is 0. The summed E-state index contributed by atoms with van der Waals surface area (Å²) in [5.41, 5.74) is 2.84. The molecule has 4 heteroatoms. The second kappa shape index (κ2) is 5.56. The smallest absolute Gasteiger partial charge is 0.123 e. The molecule has 0 aromatic heterocycles. The van der Waals surface area contributed by atoms with Gasteiger partial charge in [0.05, 0.1) is 0 Å². The summed E-state index contributed by atoms with van der Waals surface area (Å²) in [5, 5.41) is 10.7. The van der Waals surface area contributed by atoms with Crippen molar-refractivity contribution in [1.29, 1.82) is 0 Å². The van der Waals surface area contributed by atoms with Gasteiger partial charge in [-0.05, 0) is 83.5 Å². The van der Waals surface area contributed by atoms with Gasteiger partial charge in [-0.1, -0.05) is 22.0 Å². The molecule has 0 aliphatic carbocycles. The average molecular weight is 459 g/mol. The predicted molar refractivity (Wildman–Crippen MR) is 95.8 cm³/mol. The number of hydrogen-bond acceptors (Lipinski definition) is 2. The highest BCUT2D eigenvalue weighted by Gasteiger charge is 2.30. The molecule has 1 aliphatic heterocycles. The molecule has 1 heterocycles. The van der Waals surface area contributed by atoms with Crippen molar-refractivity contribution in [2.75, 3.05) is 0 Å². The summed E-state index contributed by atoms with van der Waals surface area (Å²) in [6.45, 7) is 4.17. The minimum atomic E-state index is -0.622. The molecule has 0 saturated heterocycles. The molecule has 2 nitrogen and oxygen atoms in total. The Labute approximate surface area is 146 Å². The van der Waals surface area contributed by atoms with Crippen LogP contribution >= 0.6 is 38.5 Å². The van der Waals surface area contributed by atoms with E-state index in [1.54, 1.807) is 0 Å². The summed E-state index contributed by atoms with van der Waals surface area (Å²) in [7, 11) is 0. The third kappa shape index (κ3) is 3.12. The van der Waals surface area contributed by atoms with Gasteiger partial charge in [0.2, 0.25) is 0 Å². The highest BCUT2D eigenvalue weighted by Crippen LogP contribution is 2.37. The summed E-state index contributed by atoms with van der Waals surface area (Å²) in [6, 6.07) is 11.9. The monoisotopic (exact) mass is 458 g/mol. The maximum Gasteiger partial charge on any atom is 0.123 e. The minimum absolute atomic E-state index is 0.157. The number of ether oxygens (including phenoxy) is 1. The Morgan fingerprint density at radius 1 is 1.24 bits per heavy atom.